The number of urea groups is 1. The second-order valence-electron chi connectivity index (χ2n) is 1.71. The number of amides is 2. The number of carbonyl (C=O) groups excluding carboxylic acids is 1. The third kappa shape index (κ3) is 3.26. The van der Waals surface area contributed by atoms with Crippen LogP contribution in [-0.2, 0) is 9.47 Å². The Hall–Kier alpha value is -0.810. The van der Waals surface area contributed by atoms with Gasteiger partial charge in [-0.25, -0.2) is 4.79 Å². The lowest BCUT2D eigenvalue weighted by Crippen LogP contribution is -2.38. The number of carbonyl (C=O) groups is 1. The molecule has 0 aromatic heterocycles. The number of methoxy groups -OCH3 is 2. The second-order valence-corrected chi connectivity index (χ2v) is 1.71. The maximum Gasteiger partial charge on any atom is 0.318 e. The molecule has 0 spiro atoms. The van der Waals surface area contributed by atoms with E-state index in [4.69, 9.17) is 5.73 Å². The summed E-state index contributed by atoms with van der Waals surface area (Å²) in [7, 11) is 2.96. The first-order valence-corrected chi connectivity index (χ1v) is 2.74. The van der Waals surface area contributed by atoms with Gasteiger partial charge in [-0.05, 0) is 0 Å². The highest BCUT2D eigenvalue weighted by Crippen LogP contribution is 1.86. The van der Waals surface area contributed by atoms with Crippen molar-refractivity contribution in [1.82, 2.24) is 4.90 Å². The maximum absolute atomic E-state index is 10.5. The number of rotatable bonds is 4. The first kappa shape index (κ1) is 9.19. The van der Waals surface area contributed by atoms with Gasteiger partial charge in [-0.15, -0.1) is 0 Å². The molecule has 0 rings (SSSR count). The molecule has 0 aliphatic heterocycles. The van der Waals surface area contributed by atoms with E-state index in [-0.39, 0.29) is 13.5 Å². The Morgan fingerprint density at radius 3 is 2.00 bits per heavy atom. The van der Waals surface area contributed by atoms with E-state index < -0.39 is 6.03 Å². The highest BCUT2D eigenvalue weighted by atomic mass is 16.5. The normalized spacial score (nSPS) is 9.40. The molecule has 0 unspecified atom stereocenters. The first-order valence-electron chi connectivity index (χ1n) is 2.74. The Morgan fingerprint density at radius 2 is 1.80 bits per heavy atom. The van der Waals surface area contributed by atoms with Crippen LogP contribution in [0.3, 0.4) is 0 Å². The van der Waals surface area contributed by atoms with Crippen molar-refractivity contribution in [2.24, 2.45) is 5.73 Å². The fourth-order valence-corrected chi connectivity index (χ4v) is 0.476. The Balaban J connectivity index is 3.61. The van der Waals surface area contributed by atoms with Crippen molar-refractivity contribution in [2.75, 3.05) is 27.7 Å². The molecule has 0 fully saturated rings. The average molecular weight is 148 g/mol. The zero-order chi connectivity index (χ0) is 7.98. The van der Waals surface area contributed by atoms with E-state index in [1.807, 2.05) is 0 Å². The third-order valence-corrected chi connectivity index (χ3v) is 0.882. The summed E-state index contributed by atoms with van der Waals surface area (Å²) in [6.07, 6.45) is 0. The van der Waals surface area contributed by atoms with Gasteiger partial charge in [-0.2, -0.15) is 0 Å². The highest BCUT2D eigenvalue weighted by Gasteiger charge is 2.06. The minimum atomic E-state index is -0.552. The van der Waals surface area contributed by atoms with E-state index in [1.54, 1.807) is 0 Å². The Labute approximate surface area is 59.7 Å². The van der Waals surface area contributed by atoms with E-state index in [2.05, 4.69) is 9.47 Å². The quantitative estimate of drug-likeness (QED) is 0.550. The van der Waals surface area contributed by atoms with Crippen molar-refractivity contribution in [2.45, 2.75) is 0 Å². The van der Waals surface area contributed by atoms with E-state index in [0.717, 1.165) is 0 Å². The molecule has 0 aromatic rings. The zero-order valence-electron chi connectivity index (χ0n) is 6.16. The van der Waals surface area contributed by atoms with Gasteiger partial charge < -0.3 is 15.2 Å². The Morgan fingerprint density at radius 1 is 1.40 bits per heavy atom. The largest absolute Gasteiger partial charge is 0.364 e. The van der Waals surface area contributed by atoms with Crippen molar-refractivity contribution in [3.8, 4) is 0 Å². The molecule has 0 radical (unpaired) electrons. The van der Waals surface area contributed by atoms with Gasteiger partial charge in [0.15, 0.2) is 0 Å². The Kier molecular flexibility index (Phi) is 4.61. The summed E-state index contributed by atoms with van der Waals surface area (Å²) >= 11 is 0. The SMILES string of the molecule is COCN(COC)C(N)=O. The van der Waals surface area contributed by atoms with Crippen molar-refractivity contribution in [3.63, 3.8) is 0 Å². The number of nitrogens with zero attached hydrogens (tertiary/aromatic N) is 1. The molecule has 5 heteroatoms. The van der Waals surface area contributed by atoms with Crippen LogP contribution >= 0.6 is 0 Å². The molecule has 0 saturated heterocycles. The molecule has 0 aromatic carbocycles. The molecule has 0 aliphatic rings. The van der Waals surface area contributed by atoms with Crippen LogP contribution in [0.1, 0.15) is 0 Å². The van der Waals surface area contributed by atoms with Crippen LogP contribution in [-0.4, -0.2) is 38.6 Å². The number of nitrogens with two attached hydrogens (primary N) is 1. The molecular formula is C5H12N2O3. The van der Waals surface area contributed by atoms with Gasteiger partial charge in [-0.3, -0.25) is 4.90 Å². The summed E-state index contributed by atoms with van der Waals surface area (Å²) in [5.41, 5.74) is 4.94. The molecule has 0 bridgehead atoms. The van der Waals surface area contributed by atoms with Gasteiger partial charge in [0.1, 0.15) is 13.5 Å². The molecule has 0 aliphatic carbocycles. The topological polar surface area (TPSA) is 64.8 Å². The molecule has 0 saturated carbocycles. The van der Waals surface area contributed by atoms with Crippen LogP contribution in [0.25, 0.3) is 0 Å². The summed E-state index contributed by atoms with van der Waals surface area (Å²) in [5.74, 6) is 0. The van der Waals surface area contributed by atoms with Gasteiger partial charge in [0.25, 0.3) is 0 Å². The number of hydrogen-bond acceptors (Lipinski definition) is 3. The lowest BCUT2D eigenvalue weighted by atomic mass is 10.8. The molecule has 0 heterocycles. The van der Waals surface area contributed by atoms with Crippen LogP contribution in [0.2, 0.25) is 0 Å². The third-order valence-electron chi connectivity index (χ3n) is 0.882. The molecule has 5 nitrogen and oxygen atoms in total. The molecule has 2 amide bonds. The monoisotopic (exact) mass is 148 g/mol. The summed E-state index contributed by atoms with van der Waals surface area (Å²) < 4.78 is 9.33. The van der Waals surface area contributed by atoms with Crippen LogP contribution in [0.15, 0.2) is 0 Å². The number of primary amides is 1. The lowest BCUT2D eigenvalue weighted by Gasteiger charge is -2.17. The minimum absolute atomic E-state index is 0.156. The van der Waals surface area contributed by atoms with E-state index in [0.29, 0.717) is 0 Å². The predicted octanol–water partition coefficient (Wildman–Crippen LogP) is -0.425. The smallest absolute Gasteiger partial charge is 0.318 e. The molecule has 0 atom stereocenters. The standard InChI is InChI=1S/C5H12N2O3/c1-9-3-7(4-10-2)5(6)8/h3-4H2,1-2H3,(H2,6,8). The fraction of sp³-hybridized carbons (Fsp3) is 0.800. The summed E-state index contributed by atoms with van der Waals surface area (Å²) in [6, 6.07) is -0.552. The minimum Gasteiger partial charge on any atom is -0.364 e. The number of hydrogen-bond donors (Lipinski definition) is 1. The predicted molar refractivity (Wildman–Crippen MR) is 35.2 cm³/mol. The van der Waals surface area contributed by atoms with E-state index in [1.165, 1.54) is 19.1 Å². The second kappa shape index (κ2) is 5.01. The maximum atomic E-state index is 10.5. The van der Waals surface area contributed by atoms with Gasteiger partial charge in [0.05, 0.1) is 0 Å². The Bertz CT molecular complexity index is 101. The van der Waals surface area contributed by atoms with Gasteiger partial charge in [-0.1, -0.05) is 0 Å². The molecular weight excluding hydrogens is 136 g/mol. The van der Waals surface area contributed by atoms with Crippen LogP contribution in [0.4, 0.5) is 4.79 Å². The van der Waals surface area contributed by atoms with Crippen molar-refractivity contribution in [3.05, 3.63) is 0 Å². The average Bonchev–Trinajstić information content (AvgIpc) is 1.87. The van der Waals surface area contributed by atoms with E-state index in [9.17, 15) is 4.79 Å². The number of ether oxygens (including phenoxy) is 2. The fourth-order valence-electron chi connectivity index (χ4n) is 0.476. The zero-order valence-corrected chi connectivity index (χ0v) is 6.16. The van der Waals surface area contributed by atoms with Crippen molar-refractivity contribution >= 4 is 6.03 Å². The molecule has 10 heavy (non-hydrogen) atoms. The van der Waals surface area contributed by atoms with E-state index >= 15 is 0 Å². The highest BCUT2D eigenvalue weighted by molar-refractivity contribution is 5.71. The molecule has 2 N–H and O–H groups in total. The lowest BCUT2D eigenvalue weighted by molar-refractivity contribution is 0.0153. The van der Waals surface area contributed by atoms with Crippen LogP contribution in [0, 0.1) is 0 Å². The van der Waals surface area contributed by atoms with Crippen molar-refractivity contribution in [1.29, 1.82) is 0 Å². The van der Waals surface area contributed by atoms with Crippen LogP contribution < -0.4 is 5.73 Å². The summed E-state index contributed by atoms with van der Waals surface area (Å²) in [5, 5.41) is 0. The first-order chi connectivity index (χ1) is 4.72. The summed E-state index contributed by atoms with van der Waals surface area (Å²) in [4.78, 5) is 11.7. The van der Waals surface area contributed by atoms with Crippen LogP contribution in [0.5, 0.6) is 0 Å². The van der Waals surface area contributed by atoms with Gasteiger partial charge in [0, 0.05) is 14.2 Å². The van der Waals surface area contributed by atoms with Gasteiger partial charge >= 0.3 is 6.03 Å². The molecule has 60 valence electrons. The van der Waals surface area contributed by atoms with Crippen molar-refractivity contribution < 1.29 is 14.3 Å². The summed E-state index contributed by atoms with van der Waals surface area (Å²) in [6.45, 7) is 0.312. The van der Waals surface area contributed by atoms with Gasteiger partial charge in [0.2, 0.25) is 0 Å².